The van der Waals surface area contributed by atoms with Gasteiger partial charge in [0.15, 0.2) is 0 Å². The maximum atomic E-state index is 11.9. The third-order valence-electron chi connectivity index (χ3n) is 2.84. The molecule has 0 fully saturated rings. The fourth-order valence-electron chi connectivity index (χ4n) is 1.92. The summed E-state index contributed by atoms with van der Waals surface area (Å²) < 4.78 is 10.2. The molecular formula is C14H22O4. The summed E-state index contributed by atoms with van der Waals surface area (Å²) in [6.45, 7) is 4.69. The van der Waals surface area contributed by atoms with E-state index in [1.54, 1.807) is 0 Å². The van der Waals surface area contributed by atoms with Gasteiger partial charge in [-0.1, -0.05) is 13.8 Å². The lowest BCUT2D eigenvalue weighted by Gasteiger charge is -2.18. The lowest BCUT2D eigenvalue weighted by molar-refractivity contribution is -0.142. The van der Waals surface area contributed by atoms with Crippen molar-refractivity contribution >= 4 is 11.9 Å². The molecule has 0 N–H and O–H groups in total. The van der Waals surface area contributed by atoms with Crippen molar-refractivity contribution in [2.45, 2.75) is 52.4 Å². The molecule has 0 aliphatic heterocycles. The van der Waals surface area contributed by atoms with Crippen LogP contribution in [-0.2, 0) is 19.1 Å². The summed E-state index contributed by atoms with van der Waals surface area (Å²) in [7, 11) is 0. The van der Waals surface area contributed by atoms with Crippen LogP contribution in [0.1, 0.15) is 52.4 Å². The number of carbonyl (C=O) groups is 2. The number of rotatable bonds is 6. The van der Waals surface area contributed by atoms with E-state index in [2.05, 4.69) is 0 Å². The van der Waals surface area contributed by atoms with E-state index in [-0.39, 0.29) is 11.9 Å². The summed E-state index contributed by atoms with van der Waals surface area (Å²) in [6, 6.07) is 0. The Hall–Kier alpha value is -1.32. The molecule has 0 spiro atoms. The Kier molecular flexibility index (Phi) is 6.47. The predicted molar refractivity (Wildman–Crippen MR) is 68.0 cm³/mol. The van der Waals surface area contributed by atoms with E-state index in [1.807, 2.05) is 13.8 Å². The van der Waals surface area contributed by atoms with Crippen molar-refractivity contribution in [3.63, 3.8) is 0 Å². The van der Waals surface area contributed by atoms with Gasteiger partial charge < -0.3 is 9.47 Å². The van der Waals surface area contributed by atoms with Crippen molar-refractivity contribution in [2.24, 2.45) is 0 Å². The molecule has 0 saturated heterocycles. The van der Waals surface area contributed by atoms with E-state index in [1.165, 1.54) is 0 Å². The van der Waals surface area contributed by atoms with E-state index < -0.39 is 0 Å². The minimum absolute atomic E-state index is 0.347. The van der Waals surface area contributed by atoms with Crippen LogP contribution in [0.4, 0.5) is 0 Å². The van der Waals surface area contributed by atoms with E-state index in [0.29, 0.717) is 37.2 Å². The first-order valence-electron chi connectivity index (χ1n) is 6.77. The molecule has 0 aromatic carbocycles. The van der Waals surface area contributed by atoms with Gasteiger partial charge in [0.25, 0.3) is 0 Å². The summed E-state index contributed by atoms with van der Waals surface area (Å²) in [5.74, 6) is -0.694. The maximum absolute atomic E-state index is 11.9. The summed E-state index contributed by atoms with van der Waals surface area (Å²) >= 11 is 0. The number of ether oxygens (including phenoxy) is 2. The van der Waals surface area contributed by atoms with Gasteiger partial charge >= 0.3 is 11.9 Å². The third-order valence-corrected chi connectivity index (χ3v) is 2.84. The monoisotopic (exact) mass is 254 g/mol. The zero-order valence-electron chi connectivity index (χ0n) is 11.3. The Morgan fingerprint density at radius 2 is 1.28 bits per heavy atom. The molecule has 1 aliphatic carbocycles. The average molecular weight is 254 g/mol. The van der Waals surface area contributed by atoms with Gasteiger partial charge in [0.05, 0.1) is 13.2 Å². The van der Waals surface area contributed by atoms with Crippen LogP contribution >= 0.6 is 0 Å². The molecule has 0 unspecified atom stereocenters. The zero-order chi connectivity index (χ0) is 13.4. The molecule has 1 rings (SSSR count). The first kappa shape index (κ1) is 14.7. The molecule has 4 nitrogen and oxygen atoms in total. The van der Waals surface area contributed by atoms with Gasteiger partial charge in [0, 0.05) is 11.1 Å². The molecule has 1 aliphatic rings. The lowest BCUT2D eigenvalue weighted by atomic mass is 9.92. The van der Waals surface area contributed by atoms with Crippen LogP contribution in [-0.4, -0.2) is 25.2 Å². The SMILES string of the molecule is CCCOC(=O)C1=C(C(=O)OCCC)CCCC1. The van der Waals surface area contributed by atoms with Crippen molar-refractivity contribution < 1.29 is 19.1 Å². The molecule has 4 heteroatoms. The molecule has 18 heavy (non-hydrogen) atoms. The average Bonchev–Trinajstić information content (AvgIpc) is 2.42. The second-order valence-electron chi connectivity index (χ2n) is 4.44. The van der Waals surface area contributed by atoms with E-state index in [4.69, 9.17) is 9.47 Å². The lowest BCUT2D eigenvalue weighted by Crippen LogP contribution is -2.20. The van der Waals surface area contributed by atoms with Gasteiger partial charge in [-0.3, -0.25) is 0 Å². The zero-order valence-corrected chi connectivity index (χ0v) is 11.3. The summed E-state index contributed by atoms with van der Waals surface area (Å²) in [5, 5.41) is 0. The van der Waals surface area contributed by atoms with Gasteiger partial charge in [-0.05, 0) is 38.5 Å². The highest BCUT2D eigenvalue weighted by Crippen LogP contribution is 2.26. The number of hydrogen-bond donors (Lipinski definition) is 0. The van der Waals surface area contributed by atoms with E-state index in [9.17, 15) is 9.59 Å². The normalized spacial score (nSPS) is 15.4. The molecular weight excluding hydrogens is 232 g/mol. The number of esters is 2. The summed E-state index contributed by atoms with van der Waals surface area (Å²) in [4.78, 5) is 23.7. The second kappa shape index (κ2) is 7.90. The molecule has 0 aromatic heterocycles. The Labute approximate surface area is 108 Å². The standard InChI is InChI=1S/C14H22O4/c1-3-9-17-13(15)11-7-5-6-8-12(11)14(16)18-10-4-2/h3-10H2,1-2H3. The smallest absolute Gasteiger partial charge is 0.334 e. The predicted octanol–water partition coefficient (Wildman–Crippen LogP) is 2.76. The van der Waals surface area contributed by atoms with Gasteiger partial charge in [-0.25, -0.2) is 9.59 Å². The first-order valence-corrected chi connectivity index (χ1v) is 6.77. The molecule has 0 radical (unpaired) electrons. The highest BCUT2D eigenvalue weighted by atomic mass is 16.5. The van der Waals surface area contributed by atoms with Crippen LogP contribution < -0.4 is 0 Å². The molecule has 102 valence electrons. The van der Waals surface area contributed by atoms with Crippen molar-refractivity contribution in [2.75, 3.05) is 13.2 Å². The van der Waals surface area contributed by atoms with Crippen molar-refractivity contribution in [3.05, 3.63) is 11.1 Å². The Morgan fingerprint density at radius 3 is 1.61 bits per heavy atom. The minimum Gasteiger partial charge on any atom is -0.462 e. The van der Waals surface area contributed by atoms with E-state index in [0.717, 1.165) is 25.7 Å². The largest absolute Gasteiger partial charge is 0.462 e. The van der Waals surface area contributed by atoms with Gasteiger partial charge in [-0.15, -0.1) is 0 Å². The quantitative estimate of drug-likeness (QED) is 0.684. The van der Waals surface area contributed by atoms with Crippen molar-refractivity contribution in [3.8, 4) is 0 Å². The second-order valence-corrected chi connectivity index (χ2v) is 4.44. The Bertz CT molecular complexity index is 299. The summed E-state index contributed by atoms with van der Waals surface area (Å²) in [6.07, 6.45) is 4.68. The first-order chi connectivity index (χ1) is 8.70. The minimum atomic E-state index is -0.347. The molecule has 0 saturated carbocycles. The van der Waals surface area contributed by atoms with Crippen LogP contribution in [0.15, 0.2) is 11.1 Å². The van der Waals surface area contributed by atoms with Gasteiger partial charge in [0.1, 0.15) is 0 Å². The Balaban J connectivity index is 2.75. The van der Waals surface area contributed by atoms with Crippen LogP contribution in [0, 0.1) is 0 Å². The maximum Gasteiger partial charge on any atom is 0.334 e. The molecule has 0 amide bonds. The Morgan fingerprint density at radius 1 is 0.889 bits per heavy atom. The molecule has 0 heterocycles. The molecule has 0 atom stereocenters. The fraction of sp³-hybridized carbons (Fsp3) is 0.714. The molecule has 0 bridgehead atoms. The van der Waals surface area contributed by atoms with Crippen molar-refractivity contribution in [1.82, 2.24) is 0 Å². The number of hydrogen-bond acceptors (Lipinski definition) is 4. The van der Waals surface area contributed by atoms with Crippen LogP contribution in [0.2, 0.25) is 0 Å². The van der Waals surface area contributed by atoms with Crippen LogP contribution in [0.25, 0.3) is 0 Å². The number of carbonyl (C=O) groups excluding carboxylic acids is 2. The summed E-state index contributed by atoms with van der Waals surface area (Å²) in [5.41, 5.74) is 1.05. The third kappa shape index (κ3) is 4.17. The topological polar surface area (TPSA) is 52.6 Å². The highest BCUT2D eigenvalue weighted by Gasteiger charge is 2.25. The van der Waals surface area contributed by atoms with E-state index >= 15 is 0 Å². The molecule has 0 aromatic rings. The van der Waals surface area contributed by atoms with Crippen LogP contribution in [0.5, 0.6) is 0 Å². The highest BCUT2D eigenvalue weighted by molar-refractivity contribution is 6.00. The van der Waals surface area contributed by atoms with Crippen molar-refractivity contribution in [1.29, 1.82) is 0 Å². The van der Waals surface area contributed by atoms with Gasteiger partial charge in [0.2, 0.25) is 0 Å². The fourth-order valence-corrected chi connectivity index (χ4v) is 1.92. The van der Waals surface area contributed by atoms with Crippen LogP contribution in [0.3, 0.4) is 0 Å². The van der Waals surface area contributed by atoms with Gasteiger partial charge in [-0.2, -0.15) is 0 Å².